The van der Waals surface area contributed by atoms with Crippen molar-refractivity contribution in [2.75, 3.05) is 19.7 Å². The van der Waals surface area contributed by atoms with Gasteiger partial charge < -0.3 is 19.2 Å². The summed E-state index contributed by atoms with van der Waals surface area (Å²) in [6, 6.07) is 20.8. The van der Waals surface area contributed by atoms with Gasteiger partial charge >= 0.3 is 0 Å². The Morgan fingerprint density at radius 1 is 1.14 bits per heavy atom. The van der Waals surface area contributed by atoms with Gasteiger partial charge in [-0.2, -0.15) is 0 Å². The Morgan fingerprint density at radius 2 is 2.00 bits per heavy atom. The number of ether oxygens (including phenoxy) is 1. The zero-order chi connectivity index (χ0) is 24.5. The largest absolute Gasteiger partial charge is 0.493 e. The summed E-state index contributed by atoms with van der Waals surface area (Å²) in [5.74, 6) is 1.65. The summed E-state index contributed by atoms with van der Waals surface area (Å²) in [5, 5.41) is 7.60. The van der Waals surface area contributed by atoms with E-state index in [0.29, 0.717) is 5.92 Å². The molecular weight excluding hydrogens is 466 g/mol. The van der Waals surface area contributed by atoms with Crippen LogP contribution < -0.4 is 10.1 Å². The van der Waals surface area contributed by atoms with Crippen LogP contribution >= 0.6 is 11.3 Å². The van der Waals surface area contributed by atoms with Gasteiger partial charge in [0, 0.05) is 54.1 Å². The van der Waals surface area contributed by atoms with E-state index in [1.54, 1.807) is 11.3 Å². The Labute approximate surface area is 215 Å². The highest BCUT2D eigenvalue weighted by Crippen LogP contribution is 2.29. The van der Waals surface area contributed by atoms with Crippen molar-refractivity contribution in [2.24, 2.45) is 13.0 Å². The molecule has 0 bridgehead atoms. The molecule has 0 spiro atoms. The fraction of sp³-hybridized carbons (Fsp3) is 0.300. The molecule has 0 amide bonds. The minimum Gasteiger partial charge on any atom is -0.493 e. The highest BCUT2D eigenvalue weighted by molar-refractivity contribution is 7.16. The first-order chi connectivity index (χ1) is 17.7. The molecule has 0 radical (unpaired) electrons. The van der Waals surface area contributed by atoms with Gasteiger partial charge in [0.15, 0.2) is 0 Å². The van der Waals surface area contributed by atoms with E-state index in [1.165, 1.54) is 12.0 Å². The third-order valence-corrected chi connectivity index (χ3v) is 8.34. The van der Waals surface area contributed by atoms with Gasteiger partial charge in [0.05, 0.1) is 12.3 Å². The number of ketones is 1. The third-order valence-electron chi connectivity index (χ3n) is 7.33. The second-order valence-corrected chi connectivity index (χ2v) is 10.7. The van der Waals surface area contributed by atoms with Gasteiger partial charge in [-0.1, -0.05) is 30.3 Å². The molecule has 4 heterocycles. The molecular formula is C30H31N3O2S. The smallest absolute Gasteiger partial charge is 0.211 e. The normalized spacial score (nSPS) is 15.8. The molecule has 2 aromatic carbocycles. The molecule has 36 heavy (non-hydrogen) atoms. The molecule has 3 aromatic heterocycles. The molecule has 5 aromatic rings. The quantitative estimate of drug-likeness (QED) is 0.252. The van der Waals surface area contributed by atoms with Crippen LogP contribution in [0.4, 0.5) is 0 Å². The predicted molar refractivity (Wildman–Crippen MR) is 147 cm³/mol. The van der Waals surface area contributed by atoms with Crippen molar-refractivity contribution in [1.29, 1.82) is 0 Å². The van der Waals surface area contributed by atoms with Crippen molar-refractivity contribution >= 4 is 38.2 Å². The fourth-order valence-corrected chi connectivity index (χ4v) is 6.16. The summed E-state index contributed by atoms with van der Waals surface area (Å²) >= 11 is 1.67. The Hall–Kier alpha value is -3.35. The summed E-state index contributed by atoms with van der Waals surface area (Å²) in [6.07, 6.45) is 5.23. The van der Waals surface area contributed by atoms with Crippen molar-refractivity contribution in [3.05, 3.63) is 89.1 Å². The number of rotatable bonds is 9. The second-order valence-electron chi connectivity index (χ2n) is 9.77. The maximum Gasteiger partial charge on any atom is 0.211 e. The van der Waals surface area contributed by atoms with E-state index in [2.05, 4.69) is 57.7 Å². The average molecular weight is 498 g/mol. The number of thiophene rings is 1. The molecule has 6 heteroatoms. The van der Waals surface area contributed by atoms with Gasteiger partial charge in [0.25, 0.3) is 0 Å². The molecule has 6 rings (SSSR count). The number of aromatic nitrogens is 2. The zero-order valence-electron chi connectivity index (χ0n) is 20.6. The number of nitrogens with one attached hydrogen (secondary N) is 1. The number of hydrogen-bond donors (Lipinski definition) is 1. The topological polar surface area (TPSA) is 48.2 Å². The molecule has 1 saturated heterocycles. The molecule has 1 fully saturated rings. The maximum absolute atomic E-state index is 13.6. The second kappa shape index (κ2) is 9.96. The fourth-order valence-electron chi connectivity index (χ4n) is 5.29. The van der Waals surface area contributed by atoms with Crippen molar-refractivity contribution in [3.8, 4) is 5.75 Å². The molecule has 1 N–H and O–H groups in total. The number of carbonyl (C=O) groups excluding carboxylic acids is 1. The number of carbonyl (C=O) groups is 1. The Bertz CT molecular complexity index is 1500. The van der Waals surface area contributed by atoms with Crippen molar-refractivity contribution in [1.82, 2.24) is 14.5 Å². The van der Waals surface area contributed by atoms with Gasteiger partial charge in [0.2, 0.25) is 5.78 Å². The summed E-state index contributed by atoms with van der Waals surface area (Å²) in [6.45, 7) is 3.81. The average Bonchev–Trinajstić information content (AvgIpc) is 3.70. The van der Waals surface area contributed by atoms with Crippen LogP contribution in [0.2, 0.25) is 0 Å². The van der Waals surface area contributed by atoms with Gasteiger partial charge in [-0.05, 0) is 67.1 Å². The van der Waals surface area contributed by atoms with Gasteiger partial charge in [-0.3, -0.25) is 4.79 Å². The number of fused-ring (bicyclic) bond motifs is 2. The number of benzene rings is 2. The maximum atomic E-state index is 13.6. The van der Waals surface area contributed by atoms with E-state index >= 15 is 0 Å². The SMILES string of the molecule is Cn1c(C(=O)c2cn(CCCc3ccc(OC[C@@H]4CCNC4)cc3)c3ccccc23)cc2ccsc21. The highest BCUT2D eigenvalue weighted by Gasteiger charge is 2.20. The van der Waals surface area contributed by atoms with Crippen LogP contribution in [0.15, 0.2) is 72.2 Å². The monoisotopic (exact) mass is 497 g/mol. The Morgan fingerprint density at radius 3 is 2.81 bits per heavy atom. The minimum atomic E-state index is 0.0832. The van der Waals surface area contributed by atoms with Crippen LogP contribution in [-0.4, -0.2) is 34.6 Å². The molecule has 0 aliphatic carbocycles. The van der Waals surface area contributed by atoms with Crippen LogP contribution in [-0.2, 0) is 20.0 Å². The first-order valence-corrected chi connectivity index (χ1v) is 13.6. The third kappa shape index (κ3) is 4.47. The van der Waals surface area contributed by atoms with Crippen molar-refractivity contribution in [2.45, 2.75) is 25.8 Å². The van der Waals surface area contributed by atoms with E-state index in [1.807, 2.05) is 36.0 Å². The minimum absolute atomic E-state index is 0.0832. The summed E-state index contributed by atoms with van der Waals surface area (Å²) in [7, 11) is 1.98. The summed E-state index contributed by atoms with van der Waals surface area (Å²) in [4.78, 5) is 14.7. The Kier molecular flexibility index (Phi) is 6.38. The van der Waals surface area contributed by atoms with Crippen molar-refractivity contribution in [3.63, 3.8) is 0 Å². The first-order valence-electron chi connectivity index (χ1n) is 12.8. The lowest BCUT2D eigenvalue weighted by Gasteiger charge is -2.11. The van der Waals surface area contributed by atoms with Gasteiger partial charge in [-0.15, -0.1) is 11.3 Å². The van der Waals surface area contributed by atoms with Crippen LogP contribution in [0.5, 0.6) is 5.75 Å². The molecule has 1 aliphatic rings. The number of para-hydroxylation sites is 1. The van der Waals surface area contributed by atoms with Gasteiger partial charge in [0.1, 0.15) is 10.6 Å². The molecule has 0 saturated carbocycles. The Balaban J connectivity index is 1.14. The van der Waals surface area contributed by atoms with E-state index in [0.717, 1.165) is 77.2 Å². The molecule has 5 nitrogen and oxygen atoms in total. The van der Waals surface area contributed by atoms with Crippen LogP contribution in [0, 0.1) is 5.92 Å². The number of hydrogen-bond acceptors (Lipinski definition) is 4. The zero-order valence-corrected chi connectivity index (χ0v) is 21.4. The lowest BCUT2D eigenvalue weighted by atomic mass is 10.1. The van der Waals surface area contributed by atoms with Crippen LogP contribution in [0.3, 0.4) is 0 Å². The van der Waals surface area contributed by atoms with E-state index in [-0.39, 0.29) is 5.78 Å². The highest BCUT2D eigenvalue weighted by atomic mass is 32.1. The summed E-state index contributed by atoms with van der Waals surface area (Å²) < 4.78 is 10.2. The number of nitrogens with zero attached hydrogens (tertiary/aromatic N) is 2. The van der Waals surface area contributed by atoms with Gasteiger partial charge in [-0.25, -0.2) is 0 Å². The number of aryl methyl sites for hydroxylation is 3. The van der Waals surface area contributed by atoms with E-state index in [4.69, 9.17) is 4.74 Å². The van der Waals surface area contributed by atoms with E-state index in [9.17, 15) is 4.79 Å². The predicted octanol–water partition coefficient (Wildman–Crippen LogP) is 6.05. The molecule has 1 aliphatic heterocycles. The molecule has 184 valence electrons. The standard InChI is InChI=1S/C30H31N3O2S/c1-32-28(17-23-13-16-36-30(23)32)29(34)26-19-33(27-7-3-2-6-25(26)27)15-4-5-21-8-10-24(11-9-21)35-20-22-12-14-31-18-22/h2-3,6-11,13,16-17,19,22,31H,4-5,12,14-15,18,20H2,1H3/t22-/m1/s1. The summed E-state index contributed by atoms with van der Waals surface area (Å²) in [5.41, 5.74) is 3.94. The van der Waals surface area contributed by atoms with E-state index < -0.39 is 0 Å². The lowest BCUT2D eigenvalue weighted by Crippen LogP contribution is -2.15. The van der Waals surface area contributed by atoms with Crippen LogP contribution in [0.1, 0.15) is 34.5 Å². The molecule has 1 atom stereocenters. The first kappa shape index (κ1) is 23.1. The van der Waals surface area contributed by atoms with Crippen LogP contribution in [0.25, 0.3) is 21.1 Å². The molecule has 0 unspecified atom stereocenters. The van der Waals surface area contributed by atoms with Crippen molar-refractivity contribution < 1.29 is 9.53 Å². The lowest BCUT2D eigenvalue weighted by molar-refractivity contribution is 0.103.